The van der Waals surface area contributed by atoms with Gasteiger partial charge in [0.15, 0.2) is 11.0 Å². The van der Waals surface area contributed by atoms with Gasteiger partial charge >= 0.3 is 0 Å². The molecule has 1 aromatic heterocycles. The Balaban J connectivity index is 1.70. The summed E-state index contributed by atoms with van der Waals surface area (Å²) in [5.41, 5.74) is 2.28. The number of rotatable bonds is 8. The van der Waals surface area contributed by atoms with E-state index in [1.165, 1.54) is 18.7 Å². The highest BCUT2D eigenvalue weighted by atomic mass is 32.2. The second kappa shape index (κ2) is 9.89. The number of hydrogen-bond acceptors (Lipinski definition) is 5. The van der Waals surface area contributed by atoms with Crippen molar-refractivity contribution in [3.63, 3.8) is 0 Å². The van der Waals surface area contributed by atoms with Crippen molar-refractivity contribution < 1.29 is 9.59 Å². The molecule has 3 aromatic rings. The summed E-state index contributed by atoms with van der Waals surface area (Å²) >= 11 is 1.34. The highest BCUT2D eigenvalue weighted by molar-refractivity contribution is 8.00. The molecule has 0 aliphatic rings. The van der Waals surface area contributed by atoms with Gasteiger partial charge in [-0.15, -0.1) is 16.8 Å². The van der Waals surface area contributed by atoms with E-state index in [1.807, 2.05) is 41.8 Å². The van der Waals surface area contributed by atoms with Crippen molar-refractivity contribution in [1.82, 2.24) is 14.8 Å². The lowest BCUT2D eigenvalue weighted by Crippen LogP contribution is -2.23. The summed E-state index contributed by atoms with van der Waals surface area (Å²) in [5.74, 6) is 0.441. The monoisotopic (exact) mass is 421 g/mol. The predicted molar refractivity (Wildman–Crippen MR) is 120 cm³/mol. The van der Waals surface area contributed by atoms with E-state index < -0.39 is 5.25 Å². The van der Waals surface area contributed by atoms with E-state index >= 15 is 0 Å². The first-order valence-electron chi connectivity index (χ1n) is 9.42. The quantitative estimate of drug-likeness (QED) is 0.420. The van der Waals surface area contributed by atoms with Crippen LogP contribution in [0.15, 0.2) is 72.4 Å². The van der Waals surface area contributed by atoms with Crippen molar-refractivity contribution in [2.75, 3.05) is 10.6 Å². The number of thioether (sulfide) groups is 1. The first kappa shape index (κ1) is 21.3. The van der Waals surface area contributed by atoms with Crippen molar-refractivity contribution in [2.45, 2.75) is 30.8 Å². The van der Waals surface area contributed by atoms with Crippen molar-refractivity contribution >= 4 is 35.0 Å². The van der Waals surface area contributed by atoms with Crippen LogP contribution in [0.4, 0.5) is 11.4 Å². The average molecular weight is 422 g/mol. The third-order valence-corrected chi connectivity index (χ3v) is 5.27. The zero-order chi connectivity index (χ0) is 21.5. The summed E-state index contributed by atoms with van der Waals surface area (Å²) in [6, 6.07) is 16.7. The first-order chi connectivity index (χ1) is 14.5. The fourth-order valence-electron chi connectivity index (χ4n) is 2.77. The molecule has 30 heavy (non-hydrogen) atoms. The summed E-state index contributed by atoms with van der Waals surface area (Å²) in [5, 5.41) is 14.4. The maximum atomic E-state index is 12.6. The van der Waals surface area contributed by atoms with Gasteiger partial charge in [0.25, 0.3) is 0 Å². The van der Waals surface area contributed by atoms with Gasteiger partial charge in [-0.1, -0.05) is 48.2 Å². The van der Waals surface area contributed by atoms with E-state index in [-0.39, 0.29) is 11.8 Å². The maximum absolute atomic E-state index is 12.6. The van der Waals surface area contributed by atoms with Gasteiger partial charge in [0.05, 0.1) is 5.25 Å². The molecular formula is C22H23N5O2S. The molecule has 0 saturated heterocycles. The number of carbonyl (C=O) groups excluding carboxylic acids is 2. The third-order valence-electron chi connectivity index (χ3n) is 4.18. The Morgan fingerprint density at radius 3 is 2.30 bits per heavy atom. The lowest BCUT2D eigenvalue weighted by atomic mass is 10.2. The highest BCUT2D eigenvalue weighted by Crippen LogP contribution is 2.27. The fourth-order valence-corrected chi connectivity index (χ4v) is 3.62. The molecule has 2 N–H and O–H groups in total. The van der Waals surface area contributed by atoms with Crippen molar-refractivity contribution in [1.29, 1.82) is 0 Å². The SMILES string of the molecule is C=CCn1c(S[C@H](C)C(=O)Nc2ccc(NC(C)=O)cc2)nnc1-c1ccccc1. The minimum absolute atomic E-state index is 0.143. The Bertz CT molecular complexity index is 1030. The molecular weight excluding hydrogens is 398 g/mol. The predicted octanol–water partition coefficient (Wildman–Crippen LogP) is 4.21. The molecule has 0 aliphatic heterocycles. The van der Waals surface area contributed by atoms with Gasteiger partial charge in [0.2, 0.25) is 11.8 Å². The number of aromatic nitrogens is 3. The second-order valence-corrected chi connectivity index (χ2v) is 7.89. The summed E-state index contributed by atoms with van der Waals surface area (Å²) < 4.78 is 1.94. The van der Waals surface area contributed by atoms with Crippen molar-refractivity contribution in [3.8, 4) is 11.4 Å². The molecule has 1 heterocycles. The molecule has 0 fully saturated rings. The average Bonchev–Trinajstić information content (AvgIpc) is 3.12. The summed E-state index contributed by atoms with van der Waals surface area (Å²) in [6.07, 6.45) is 1.78. The number of benzene rings is 2. The van der Waals surface area contributed by atoms with Crippen LogP contribution >= 0.6 is 11.8 Å². The van der Waals surface area contributed by atoms with Gasteiger partial charge in [0, 0.05) is 30.4 Å². The number of anilines is 2. The highest BCUT2D eigenvalue weighted by Gasteiger charge is 2.20. The number of hydrogen-bond donors (Lipinski definition) is 2. The van der Waals surface area contributed by atoms with Crippen LogP contribution in [-0.2, 0) is 16.1 Å². The molecule has 7 nitrogen and oxygen atoms in total. The lowest BCUT2D eigenvalue weighted by molar-refractivity contribution is -0.115. The van der Waals surface area contributed by atoms with Crippen LogP contribution in [0.2, 0.25) is 0 Å². The summed E-state index contributed by atoms with van der Waals surface area (Å²) in [7, 11) is 0. The van der Waals surface area contributed by atoms with E-state index in [1.54, 1.807) is 30.3 Å². The van der Waals surface area contributed by atoms with Crippen molar-refractivity contribution in [2.24, 2.45) is 0 Å². The minimum Gasteiger partial charge on any atom is -0.326 e. The smallest absolute Gasteiger partial charge is 0.237 e. The van der Waals surface area contributed by atoms with Gasteiger partial charge in [-0.25, -0.2) is 0 Å². The molecule has 0 unspecified atom stereocenters. The number of amides is 2. The molecule has 0 aliphatic carbocycles. The number of nitrogens with zero attached hydrogens (tertiary/aromatic N) is 3. The molecule has 2 amide bonds. The Morgan fingerprint density at radius 2 is 1.70 bits per heavy atom. The van der Waals surface area contributed by atoms with E-state index in [2.05, 4.69) is 27.4 Å². The standard InChI is InChI=1S/C22H23N5O2S/c1-4-14-27-20(17-8-6-5-7-9-17)25-26-22(27)30-15(2)21(29)24-19-12-10-18(11-13-19)23-16(3)28/h4-13,15H,1,14H2,2-3H3,(H,23,28)(H,24,29)/t15-/m1/s1. The number of allylic oxidation sites excluding steroid dienone is 1. The lowest BCUT2D eigenvalue weighted by Gasteiger charge is -2.13. The van der Waals surface area contributed by atoms with E-state index in [0.29, 0.717) is 23.1 Å². The van der Waals surface area contributed by atoms with Crippen molar-refractivity contribution in [3.05, 3.63) is 67.3 Å². The topological polar surface area (TPSA) is 88.9 Å². The Labute approximate surface area is 179 Å². The summed E-state index contributed by atoms with van der Waals surface area (Å²) in [6.45, 7) is 7.62. The van der Waals surface area contributed by atoms with Gasteiger partial charge < -0.3 is 10.6 Å². The molecule has 0 radical (unpaired) electrons. The van der Waals surface area contributed by atoms with Crippen LogP contribution in [0.1, 0.15) is 13.8 Å². The van der Waals surface area contributed by atoms with Crippen LogP contribution in [0.25, 0.3) is 11.4 Å². The Hall–Kier alpha value is -3.39. The van der Waals surface area contributed by atoms with Crippen LogP contribution in [0, 0.1) is 0 Å². The molecule has 2 aromatic carbocycles. The number of carbonyl (C=O) groups is 2. The molecule has 0 spiro atoms. The molecule has 8 heteroatoms. The molecule has 0 saturated carbocycles. The van der Waals surface area contributed by atoms with Gasteiger partial charge in [0.1, 0.15) is 0 Å². The first-order valence-corrected chi connectivity index (χ1v) is 10.3. The van der Waals surface area contributed by atoms with Crippen LogP contribution in [0.5, 0.6) is 0 Å². The molecule has 154 valence electrons. The zero-order valence-electron chi connectivity index (χ0n) is 16.8. The van der Waals surface area contributed by atoms with Gasteiger partial charge in [-0.3, -0.25) is 14.2 Å². The van der Waals surface area contributed by atoms with E-state index in [9.17, 15) is 9.59 Å². The van der Waals surface area contributed by atoms with E-state index in [4.69, 9.17) is 0 Å². The second-order valence-electron chi connectivity index (χ2n) is 6.58. The van der Waals surface area contributed by atoms with Gasteiger partial charge in [-0.2, -0.15) is 0 Å². The Kier molecular flexibility index (Phi) is 7.03. The largest absolute Gasteiger partial charge is 0.326 e. The number of nitrogens with one attached hydrogen (secondary N) is 2. The normalized spacial score (nSPS) is 11.5. The van der Waals surface area contributed by atoms with E-state index in [0.717, 1.165) is 11.4 Å². The molecule has 3 rings (SSSR count). The van der Waals surface area contributed by atoms with Crippen LogP contribution < -0.4 is 10.6 Å². The van der Waals surface area contributed by atoms with Crippen LogP contribution in [-0.4, -0.2) is 31.8 Å². The Morgan fingerprint density at radius 1 is 1.07 bits per heavy atom. The zero-order valence-corrected chi connectivity index (χ0v) is 17.6. The minimum atomic E-state index is -0.392. The van der Waals surface area contributed by atoms with Gasteiger partial charge in [-0.05, 0) is 31.2 Å². The maximum Gasteiger partial charge on any atom is 0.237 e. The summed E-state index contributed by atoms with van der Waals surface area (Å²) in [4.78, 5) is 23.7. The van der Waals surface area contributed by atoms with Crippen LogP contribution in [0.3, 0.4) is 0 Å². The third kappa shape index (κ3) is 5.36. The fraction of sp³-hybridized carbons (Fsp3) is 0.182. The molecule has 0 bridgehead atoms. The molecule has 1 atom stereocenters.